The predicted octanol–water partition coefficient (Wildman–Crippen LogP) is 11.0. The Labute approximate surface area is 285 Å². The molecule has 230 valence electrons. The monoisotopic (exact) mass is 626 g/mol. The first-order chi connectivity index (χ1) is 24.0. The lowest BCUT2D eigenvalue weighted by atomic mass is 9.82. The van der Waals surface area contributed by atoms with Crippen LogP contribution in [0.15, 0.2) is 146 Å². The summed E-state index contributed by atoms with van der Waals surface area (Å²) in [5.74, 6) is 1.89. The van der Waals surface area contributed by atoms with Crippen molar-refractivity contribution in [2.45, 2.75) is 19.3 Å². The van der Waals surface area contributed by atoms with Crippen molar-refractivity contribution in [3.05, 3.63) is 162 Å². The molecule has 7 aromatic carbocycles. The minimum Gasteiger partial charge on any atom is -0.208 e. The Morgan fingerprint density at radius 2 is 0.959 bits per heavy atom. The number of nitrogens with zero attached hydrogens (tertiary/aromatic N) is 4. The van der Waals surface area contributed by atoms with Crippen molar-refractivity contribution in [3.8, 4) is 62.5 Å². The van der Waals surface area contributed by atoms with Crippen LogP contribution in [0.25, 0.3) is 78.0 Å². The Kier molecular flexibility index (Phi) is 6.50. The summed E-state index contributed by atoms with van der Waals surface area (Å²) in [6.07, 6.45) is 0. The van der Waals surface area contributed by atoms with E-state index < -0.39 is 0 Å². The van der Waals surface area contributed by atoms with Crippen LogP contribution in [0.5, 0.6) is 0 Å². The summed E-state index contributed by atoms with van der Waals surface area (Å²) >= 11 is 0. The van der Waals surface area contributed by atoms with Gasteiger partial charge in [0.1, 0.15) is 0 Å². The summed E-state index contributed by atoms with van der Waals surface area (Å²) < 4.78 is 0. The van der Waals surface area contributed by atoms with E-state index in [2.05, 4.69) is 153 Å². The van der Waals surface area contributed by atoms with Gasteiger partial charge in [-0.2, -0.15) is 5.26 Å². The smallest absolute Gasteiger partial charge is 0.164 e. The van der Waals surface area contributed by atoms with Gasteiger partial charge in [0.15, 0.2) is 17.5 Å². The molecule has 49 heavy (non-hydrogen) atoms. The fraction of sp³-hybridized carbons (Fsp3) is 0.0667. The highest BCUT2D eigenvalue weighted by atomic mass is 15.0. The molecule has 0 spiro atoms. The summed E-state index contributed by atoms with van der Waals surface area (Å²) in [7, 11) is 0. The van der Waals surface area contributed by atoms with Crippen molar-refractivity contribution in [1.82, 2.24) is 15.0 Å². The van der Waals surface area contributed by atoms with Gasteiger partial charge in [0.05, 0.1) is 11.6 Å². The zero-order valence-electron chi connectivity index (χ0n) is 27.1. The van der Waals surface area contributed by atoms with E-state index in [0.717, 1.165) is 55.3 Å². The third kappa shape index (κ3) is 4.79. The fourth-order valence-electron chi connectivity index (χ4n) is 7.31. The highest BCUT2D eigenvalue weighted by Gasteiger charge is 2.36. The molecule has 0 bridgehead atoms. The number of hydrogen-bond donors (Lipinski definition) is 0. The number of aromatic nitrogens is 3. The Morgan fingerprint density at radius 3 is 1.55 bits per heavy atom. The Bertz CT molecular complexity index is 2550. The molecule has 0 aliphatic heterocycles. The van der Waals surface area contributed by atoms with Gasteiger partial charge in [0.2, 0.25) is 0 Å². The molecule has 0 fully saturated rings. The van der Waals surface area contributed by atoms with E-state index >= 15 is 0 Å². The fourth-order valence-corrected chi connectivity index (χ4v) is 7.31. The van der Waals surface area contributed by atoms with Gasteiger partial charge < -0.3 is 0 Å². The molecule has 4 heteroatoms. The first kappa shape index (κ1) is 28.8. The van der Waals surface area contributed by atoms with Crippen molar-refractivity contribution in [1.29, 1.82) is 5.26 Å². The van der Waals surface area contributed by atoms with Crippen molar-refractivity contribution in [2.75, 3.05) is 0 Å². The summed E-state index contributed by atoms with van der Waals surface area (Å²) in [4.78, 5) is 15.1. The maximum absolute atomic E-state index is 9.93. The molecular weight excluding hydrogens is 597 g/mol. The lowest BCUT2D eigenvalue weighted by molar-refractivity contribution is 0.660. The number of rotatable bonds is 4. The third-order valence-electron chi connectivity index (χ3n) is 9.95. The van der Waals surface area contributed by atoms with Gasteiger partial charge >= 0.3 is 0 Å². The number of hydrogen-bond acceptors (Lipinski definition) is 4. The summed E-state index contributed by atoms with van der Waals surface area (Å²) in [6.45, 7) is 4.47. The molecule has 0 amide bonds. The second kappa shape index (κ2) is 11.1. The molecule has 0 unspecified atom stereocenters. The molecule has 1 aromatic heterocycles. The van der Waals surface area contributed by atoms with Crippen molar-refractivity contribution >= 4 is 21.5 Å². The zero-order valence-corrected chi connectivity index (χ0v) is 27.1. The van der Waals surface area contributed by atoms with Crippen LogP contribution in [-0.2, 0) is 5.41 Å². The van der Waals surface area contributed by atoms with Crippen LogP contribution < -0.4 is 0 Å². The Hall–Kier alpha value is -6.44. The van der Waals surface area contributed by atoms with Gasteiger partial charge in [0.25, 0.3) is 0 Å². The molecule has 9 rings (SSSR count). The molecule has 0 radical (unpaired) electrons. The molecule has 1 heterocycles. The minimum atomic E-state index is -0.163. The summed E-state index contributed by atoms with van der Waals surface area (Å²) in [5.41, 5.74) is 10.2. The second-order valence-corrected chi connectivity index (χ2v) is 13.2. The van der Waals surface area contributed by atoms with Crippen molar-refractivity contribution < 1.29 is 0 Å². The summed E-state index contributed by atoms with van der Waals surface area (Å²) in [6, 6.07) is 52.9. The van der Waals surface area contributed by atoms with Crippen LogP contribution >= 0.6 is 0 Å². The van der Waals surface area contributed by atoms with E-state index in [1.54, 1.807) is 0 Å². The van der Waals surface area contributed by atoms with E-state index in [0.29, 0.717) is 17.5 Å². The van der Waals surface area contributed by atoms with Gasteiger partial charge in [-0.1, -0.05) is 135 Å². The quantitative estimate of drug-likeness (QED) is 0.195. The molecule has 8 aromatic rings. The molecule has 4 nitrogen and oxygen atoms in total. The topological polar surface area (TPSA) is 62.5 Å². The highest BCUT2D eigenvalue weighted by molar-refractivity contribution is 5.89. The van der Waals surface area contributed by atoms with Crippen LogP contribution in [0.2, 0.25) is 0 Å². The average molecular weight is 627 g/mol. The van der Waals surface area contributed by atoms with Crippen LogP contribution in [0.4, 0.5) is 0 Å². The molecule has 0 saturated carbocycles. The van der Waals surface area contributed by atoms with Crippen molar-refractivity contribution in [2.24, 2.45) is 0 Å². The van der Waals surface area contributed by atoms with Gasteiger partial charge in [-0.05, 0) is 73.6 Å². The maximum atomic E-state index is 9.93. The van der Waals surface area contributed by atoms with Gasteiger partial charge in [-0.3, -0.25) is 0 Å². The Morgan fingerprint density at radius 1 is 0.449 bits per heavy atom. The lowest BCUT2D eigenvalue weighted by Crippen LogP contribution is -2.14. The molecular formula is C45H30N4. The predicted molar refractivity (Wildman–Crippen MR) is 199 cm³/mol. The third-order valence-corrected chi connectivity index (χ3v) is 9.95. The maximum Gasteiger partial charge on any atom is 0.164 e. The van der Waals surface area contributed by atoms with E-state index in [1.807, 2.05) is 12.1 Å². The number of benzene rings is 7. The molecule has 1 aliphatic rings. The largest absolute Gasteiger partial charge is 0.208 e. The standard InChI is InChI=1S/C45H30N4/c1-45(2)39-23-22-34(26-38(39)41-37(27-46)12-7-13-40(41)45)30-14-18-31(19-15-30)42-47-43(35-20-16-28-8-3-5-10-32(28)24-35)49-44(48-42)36-21-17-29-9-4-6-11-33(29)25-36/h3-26H,1-2H3. The highest BCUT2D eigenvalue weighted by Crippen LogP contribution is 2.50. The molecule has 1 aliphatic carbocycles. The van der Waals surface area contributed by atoms with Crippen LogP contribution in [-0.4, -0.2) is 15.0 Å². The zero-order chi connectivity index (χ0) is 33.1. The van der Waals surface area contributed by atoms with Gasteiger partial charge in [-0.15, -0.1) is 0 Å². The molecule has 0 N–H and O–H groups in total. The normalized spacial score (nSPS) is 12.8. The Balaban J connectivity index is 1.14. The first-order valence-corrected chi connectivity index (χ1v) is 16.5. The SMILES string of the molecule is CC1(C)c2ccc(-c3ccc(-c4nc(-c5ccc6ccccc6c5)nc(-c5ccc6ccccc6c5)n4)cc3)cc2-c2c(C#N)cccc21. The van der Waals surface area contributed by atoms with Crippen LogP contribution in [0.3, 0.4) is 0 Å². The van der Waals surface area contributed by atoms with Crippen LogP contribution in [0.1, 0.15) is 30.5 Å². The van der Waals surface area contributed by atoms with E-state index in [4.69, 9.17) is 15.0 Å². The van der Waals surface area contributed by atoms with Crippen LogP contribution in [0, 0.1) is 11.3 Å². The first-order valence-electron chi connectivity index (χ1n) is 16.5. The van der Waals surface area contributed by atoms with E-state index in [1.165, 1.54) is 21.9 Å². The minimum absolute atomic E-state index is 0.163. The van der Waals surface area contributed by atoms with Crippen molar-refractivity contribution in [3.63, 3.8) is 0 Å². The lowest BCUT2D eigenvalue weighted by Gasteiger charge is -2.21. The molecule has 0 saturated heterocycles. The van der Waals surface area contributed by atoms with E-state index in [-0.39, 0.29) is 5.41 Å². The number of fused-ring (bicyclic) bond motifs is 5. The average Bonchev–Trinajstić information content (AvgIpc) is 3.39. The summed E-state index contributed by atoms with van der Waals surface area (Å²) in [5, 5.41) is 14.6. The molecule has 0 atom stereocenters. The van der Waals surface area contributed by atoms with Gasteiger partial charge in [-0.25, -0.2) is 15.0 Å². The van der Waals surface area contributed by atoms with Gasteiger partial charge in [0, 0.05) is 27.7 Å². The van der Waals surface area contributed by atoms with E-state index in [9.17, 15) is 5.26 Å². The second-order valence-electron chi connectivity index (χ2n) is 13.2. The number of nitriles is 1.